The van der Waals surface area contributed by atoms with E-state index in [0.29, 0.717) is 0 Å². The molecule has 1 aliphatic carbocycles. The Morgan fingerprint density at radius 3 is 2.83 bits per heavy atom. The highest BCUT2D eigenvalue weighted by atomic mass is 32.2. The van der Waals surface area contributed by atoms with Gasteiger partial charge in [0.25, 0.3) is 0 Å². The monoisotopic (exact) mass is 269 g/mol. The molecule has 0 aromatic carbocycles. The molecule has 0 aromatic heterocycles. The first-order valence-corrected chi connectivity index (χ1v) is 8.97. The highest BCUT2D eigenvalue weighted by molar-refractivity contribution is 7.99. The highest BCUT2D eigenvalue weighted by Crippen LogP contribution is 2.38. The molecule has 18 heavy (non-hydrogen) atoms. The van der Waals surface area contributed by atoms with Crippen LogP contribution in [0.15, 0.2) is 0 Å². The Balaban J connectivity index is 1.44. The summed E-state index contributed by atoms with van der Waals surface area (Å²) in [5, 5.41) is 3.85. The molecule has 3 aliphatic rings. The molecule has 2 saturated heterocycles. The standard InChI is InChI=1S/C15H27NOS/c1-2-4-13(5-3-1)11-16-14-6-8-17-15(10-14)7-9-18-12-15/h13-14,16H,1-12H2. The minimum atomic E-state index is 0.243. The van der Waals surface area contributed by atoms with E-state index in [4.69, 9.17) is 4.74 Å². The molecule has 2 heterocycles. The maximum Gasteiger partial charge on any atom is 0.0795 e. The van der Waals surface area contributed by atoms with Crippen LogP contribution in [0.3, 0.4) is 0 Å². The van der Waals surface area contributed by atoms with E-state index in [-0.39, 0.29) is 5.60 Å². The third-order valence-electron chi connectivity index (χ3n) is 4.98. The lowest BCUT2D eigenvalue weighted by molar-refractivity contribution is -0.0705. The first-order chi connectivity index (χ1) is 8.86. The van der Waals surface area contributed by atoms with E-state index < -0.39 is 0 Å². The summed E-state index contributed by atoms with van der Waals surface area (Å²) >= 11 is 2.07. The average molecular weight is 269 g/mol. The van der Waals surface area contributed by atoms with Gasteiger partial charge in [-0.1, -0.05) is 19.3 Å². The highest BCUT2D eigenvalue weighted by Gasteiger charge is 2.40. The van der Waals surface area contributed by atoms with Crippen molar-refractivity contribution in [3.05, 3.63) is 0 Å². The second kappa shape index (κ2) is 6.15. The minimum Gasteiger partial charge on any atom is -0.374 e. The van der Waals surface area contributed by atoms with Gasteiger partial charge in [0.2, 0.25) is 0 Å². The number of hydrogen-bond acceptors (Lipinski definition) is 3. The van der Waals surface area contributed by atoms with Gasteiger partial charge in [-0.25, -0.2) is 0 Å². The van der Waals surface area contributed by atoms with Gasteiger partial charge in [-0.15, -0.1) is 0 Å². The van der Waals surface area contributed by atoms with Crippen molar-refractivity contribution in [2.75, 3.05) is 24.7 Å². The van der Waals surface area contributed by atoms with Crippen molar-refractivity contribution in [3.8, 4) is 0 Å². The summed E-state index contributed by atoms with van der Waals surface area (Å²) in [4.78, 5) is 0. The lowest BCUT2D eigenvalue weighted by atomic mass is 9.87. The van der Waals surface area contributed by atoms with Crippen molar-refractivity contribution >= 4 is 11.8 Å². The predicted octanol–water partition coefficient (Wildman–Crippen LogP) is 3.21. The van der Waals surface area contributed by atoms with Gasteiger partial charge in [0.05, 0.1) is 5.60 Å². The Labute approximate surface area is 116 Å². The molecule has 1 N–H and O–H groups in total. The average Bonchev–Trinajstić information content (AvgIpc) is 2.86. The minimum absolute atomic E-state index is 0.243. The van der Waals surface area contributed by atoms with E-state index in [2.05, 4.69) is 17.1 Å². The fourth-order valence-electron chi connectivity index (χ4n) is 3.79. The van der Waals surface area contributed by atoms with Gasteiger partial charge in [0.15, 0.2) is 0 Å². The first-order valence-electron chi connectivity index (χ1n) is 7.81. The smallest absolute Gasteiger partial charge is 0.0795 e. The van der Waals surface area contributed by atoms with Crippen LogP contribution < -0.4 is 5.32 Å². The summed E-state index contributed by atoms with van der Waals surface area (Å²) in [6, 6.07) is 0.722. The molecular weight excluding hydrogens is 242 g/mol. The van der Waals surface area contributed by atoms with Gasteiger partial charge in [0.1, 0.15) is 0 Å². The Bertz CT molecular complexity index is 259. The van der Waals surface area contributed by atoms with Crippen LogP contribution in [0.4, 0.5) is 0 Å². The van der Waals surface area contributed by atoms with Gasteiger partial charge >= 0.3 is 0 Å². The summed E-state index contributed by atoms with van der Waals surface area (Å²) in [5.41, 5.74) is 0.243. The number of ether oxygens (including phenoxy) is 1. The first kappa shape index (κ1) is 13.3. The van der Waals surface area contributed by atoms with Crippen LogP contribution in [-0.2, 0) is 4.74 Å². The second-order valence-corrected chi connectivity index (χ2v) is 7.54. The van der Waals surface area contributed by atoms with E-state index >= 15 is 0 Å². The van der Waals surface area contributed by atoms with Crippen LogP contribution in [0.25, 0.3) is 0 Å². The van der Waals surface area contributed by atoms with Crippen LogP contribution in [-0.4, -0.2) is 36.3 Å². The number of hydrogen-bond donors (Lipinski definition) is 1. The molecule has 2 aliphatic heterocycles. The topological polar surface area (TPSA) is 21.3 Å². The molecule has 2 atom stereocenters. The van der Waals surface area contributed by atoms with Crippen molar-refractivity contribution in [2.45, 2.75) is 63.0 Å². The van der Waals surface area contributed by atoms with Gasteiger partial charge < -0.3 is 10.1 Å². The molecule has 0 radical (unpaired) electrons. The van der Waals surface area contributed by atoms with E-state index in [1.54, 1.807) is 0 Å². The maximum atomic E-state index is 6.09. The number of nitrogens with one attached hydrogen (secondary N) is 1. The van der Waals surface area contributed by atoms with Crippen molar-refractivity contribution in [3.63, 3.8) is 0 Å². The summed E-state index contributed by atoms with van der Waals surface area (Å²) in [6.07, 6.45) is 11.1. The lowest BCUT2D eigenvalue weighted by Crippen LogP contribution is -2.48. The summed E-state index contributed by atoms with van der Waals surface area (Å²) in [6.45, 7) is 2.23. The number of thioether (sulfide) groups is 1. The molecule has 0 amide bonds. The molecular formula is C15H27NOS. The Hall–Kier alpha value is 0.270. The molecule has 1 saturated carbocycles. The Kier molecular flexibility index (Phi) is 4.53. The molecule has 0 aromatic rings. The quantitative estimate of drug-likeness (QED) is 0.850. The maximum absolute atomic E-state index is 6.09. The van der Waals surface area contributed by atoms with E-state index in [1.165, 1.54) is 69.4 Å². The van der Waals surface area contributed by atoms with Crippen LogP contribution in [0.1, 0.15) is 51.4 Å². The normalized spacial score (nSPS) is 38.3. The fourth-order valence-corrected chi connectivity index (χ4v) is 5.17. The van der Waals surface area contributed by atoms with Crippen molar-refractivity contribution < 1.29 is 4.74 Å². The van der Waals surface area contributed by atoms with Crippen LogP contribution in [0.5, 0.6) is 0 Å². The largest absolute Gasteiger partial charge is 0.374 e. The molecule has 2 unspecified atom stereocenters. The molecule has 0 bridgehead atoms. The van der Waals surface area contributed by atoms with E-state index in [1.807, 2.05) is 0 Å². The molecule has 3 rings (SSSR count). The van der Waals surface area contributed by atoms with Crippen molar-refractivity contribution in [1.82, 2.24) is 5.32 Å². The molecule has 1 spiro atoms. The summed E-state index contributed by atoms with van der Waals surface area (Å²) in [7, 11) is 0. The predicted molar refractivity (Wildman–Crippen MR) is 78.2 cm³/mol. The van der Waals surface area contributed by atoms with E-state index in [9.17, 15) is 0 Å². The zero-order valence-electron chi connectivity index (χ0n) is 11.5. The SMILES string of the molecule is C1CCC(CNC2CCOC3(CCSC3)C2)CC1. The van der Waals surface area contributed by atoms with Crippen LogP contribution >= 0.6 is 11.8 Å². The second-order valence-electron chi connectivity index (χ2n) is 6.44. The fraction of sp³-hybridized carbons (Fsp3) is 1.00. The van der Waals surface area contributed by atoms with Gasteiger partial charge in [0, 0.05) is 18.4 Å². The molecule has 104 valence electrons. The van der Waals surface area contributed by atoms with Crippen molar-refractivity contribution in [2.24, 2.45) is 5.92 Å². The summed E-state index contributed by atoms with van der Waals surface area (Å²) in [5.74, 6) is 3.49. The summed E-state index contributed by atoms with van der Waals surface area (Å²) < 4.78 is 6.09. The lowest BCUT2D eigenvalue weighted by Gasteiger charge is -2.38. The van der Waals surface area contributed by atoms with Crippen LogP contribution in [0.2, 0.25) is 0 Å². The van der Waals surface area contributed by atoms with E-state index in [0.717, 1.165) is 18.6 Å². The molecule has 3 fully saturated rings. The van der Waals surface area contributed by atoms with Gasteiger partial charge in [-0.05, 0) is 50.3 Å². The number of rotatable bonds is 3. The zero-order valence-corrected chi connectivity index (χ0v) is 12.3. The van der Waals surface area contributed by atoms with Gasteiger partial charge in [-0.2, -0.15) is 11.8 Å². The van der Waals surface area contributed by atoms with Crippen molar-refractivity contribution in [1.29, 1.82) is 0 Å². The third kappa shape index (κ3) is 3.23. The Morgan fingerprint density at radius 1 is 1.17 bits per heavy atom. The molecule has 2 nitrogen and oxygen atoms in total. The third-order valence-corrected chi connectivity index (χ3v) is 6.20. The zero-order chi connectivity index (χ0) is 12.3. The Morgan fingerprint density at radius 2 is 2.06 bits per heavy atom. The van der Waals surface area contributed by atoms with Gasteiger partial charge in [-0.3, -0.25) is 0 Å². The molecule has 3 heteroatoms. The van der Waals surface area contributed by atoms with Crippen LogP contribution in [0, 0.1) is 5.92 Å².